The summed E-state index contributed by atoms with van der Waals surface area (Å²) < 4.78 is 0. The lowest BCUT2D eigenvalue weighted by atomic mass is 9.73. The summed E-state index contributed by atoms with van der Waals surface area (Å²) >= 11 is 0. The second-order valence-corrected chi connectivity index (χ2v) is 6.10. The monoisotopic (exact) mass is 247 g/mol. The molecular weight excluding hydrogens is 222 g/mol. The van der Waals surface area contributed by atoms with E-state index in [1.807, 2.05) is 18.2 Å². The lowest BCUT2D eigenvalue weighted by Gasteiger charge is -2.41. The average molecular weight is 247 g/mol. The Morgan fingerprint density at radius 2 is 2.00 bits per heavy atom. The predicted molar refractivity (Wildman–Crippen MR) is 75.4 cm³/mol. The van der Waals surface area contributed by atoms with E-state index in [2.05, 4.69) is 31.3 Å². The van der Waals surface area contributed by atoms with Crippen LogP contribution in [0.5, 0.6) is 0 Å². The van der Waals surface area contributed by atoms with E-state index in [1.165, 1.54) is 31.2 Å². The van der Waals surface area contributed by atoms with Gasteiger partial charge in [0.05, 0.1) is 12.6 Å². The maximum absolute atomic E-state index is 9.62. The molecule has 0 saturated heterocycles. The molecule has 0 heterocycles. The number of aliphatic hydroxyl groups excluding tert-OH is 1. The Morgan fingerprint density at radius 1 is 1.28 bits per heavy atom. The molecule has 0 aliphatic heterocycles. The molecule has 100 valence electrons. The Kier molecular flexibility index (Phi) is 4.41. The van der Waals surface area contributed by atoms with Gasteiger partial charge < -0.3 is 10.4 Å². The van der Waals surface area contributed by atoms with Crippen molar-refractivity contribution >= 4 is 0 Å². The van der Waals surface area contributed by atoms with Gasteiger partial charge in [0.1, 0.15) is 0 Å². The highest BCUT2D eigenvalue weighted by Gasteiger charge is 2.33. The van der Waals surface area contributed by atoms with Gasteiger partial charge in [0.25, 0.3) is 0 Å². The van der Waals surface area contributed by atoms with Gasteiger partial charge in [0, 0.05) is 6.04 Å². The van der Waals surface area contributed by atoms with Crippen LogP contribution in [0.25, 0.3) is 0 Å². The van der Waals surface area contributed by atoms with Crippen LogP contribution in [-0.4, -0.2) is 17.8 Å². The smallest absolute Gasteiger partial charge is 0.0626 e. The van der Waals surface area contributed by atoms with Crippen molar-refractivity contribution in [2.45, 2.75) is 51.6 Å². The highest BCUT2D eigenvalue weighted by atomic mass is 16.3. The van der Waals surface area contributed by atoms with Crippen LogP contribution in [0.2, 0.25) is 0 Å². The van der Waals surface area contributed by atoms with E-state index in [-0.39, 0.29) is 12.6 Å². The fourth-order valence-electron chi connectivity index (χ4n) is 2.99. The standard InChI is InChI=1S/C16H25NO/c1-16(2)11-7-6-10-15(16)17-14(12-18)13-8-4-3-5-9-13/h3-5,8-9,14-15,17-18H,6-7,10-12H2,1-2H3/t14-,15?/m1/s1. The molecule has 1 aliphatic rings. The molecule has 1 unspecified atom stereocenters. The molecule has 2 atom stereocenters. The van der Waals surface area contributed by atoms with Crippen LogP contribution >= 0.6 is 0 Å². The molecule has 2 heteroatoms. The molecule has 1 aromatic rings. The van der Waals surface area contributed by atoms with E-state index in [0.29, 0.717) is 11.5 Å². The molecule has 0 bridgehead atoms. The molecule has 1 aromatic carbocycles. The minimum absolute atomic E-state index is 0.0635. The van der Waals surface area contributed by atoms with Gasteiger partial charge in [-0.3, -0.25) is 0 Å². The van der Waals surface area contributed by atoms with Crippen LogP contribution < -0.4 is 5.32 Å². The number of rotatable bonds is 4. The van der Waals surface area contributed by atoms with Gasteiger partial charge in [-0.25, -0.2) is 0 Å². The second kappa shape index (κ2) is 5.85. The summed E-state index contributed by atoms with van der Waals surface area (Å²) in [6.45, 7) is 4.84. The van der Waals surface area contributed by atoms with Crippen LogP contribution in [0.4, 0.5) is 0 Å². The Hall–Kier alpha value is -0.860. The summed E-state index contributed by atoms with van der Waals surface area (Å²) in [4.78, 5) is 0. The van der Waals surface area contributed by atoms with E-state index in [4.69, 9.17) is 0 Å². The highest BCUT2D eigenvalue weighted by molar-refractivity contribution is 5.19. The first kappa shape index (κ1) is 13.6. The van der Waals surface area contributed by atoms with Crippen molar-refractivity contribution in [2.24, 2.45) is 5.41 Å². The molecule has 18 heavy (non-hydrogen) atoms. The Bertz CT molecular complexity index is 361. The first-order valence-electron chi connectivity index (χ1n) is 7.05. The maximum atomic E-state index is 9.62. The van der Waals surface area contributed by atoms with Crippen LogP contribution in [0.3, 0.4) is 0 Å². The van der Waals surface area contributed by atoms with Crippen molar-refractivity contribution in [3.8, 4) is 0 Å². The summed E-state index contributed by atoms with van der Waals surface area (Å²) in [5.74, 6) is 0. The summed E-state index contributed by atoms with van der Waals surface area (Å²) in [6, 6.07) is 10.8. The molecule has 0 radical (unpaired) electrons. The van der Waals surface area contributed by atoms with Crippen molar-refractivity contribution in [1.29, 1.82) is 0 Å². The second-order valence-electron chi connectivity index (χ2n) is 6.10. The quantitative estimate of drug-likeness (QED) is 0.856. The van der Waals surface area contributed by atoms with E-state index in [0.717, 1.165) is 0 Å². The number of hydrogen-bond donors (Lipinski definition) is 2. The van der Waals surface area contributed by atoms with Crippen LogP contribution in [-0.2, 0) is 0 Å². The van der Waals surface area contributed by atoms with Crippen LogP contribution in [0.1, 0.15) is 51.1 Å². The minimum atomic E-state index is 0.0635. The van der Waals surface area contributed by atoms with Crippen molar-refractivity contribution < 1.29 is 5.11 Å². The first-order chi connectivity index (χ1) is 8.63. The topological polar surface area (TPSA) is 32.3 Å². The summed E-state index contributed by atoms with van der Waals surface area (Å²) in [7, 11) is 0. The largest absolute Gasteiger partial charge is 0.394 e. The van der Waals surface area contributed by atoms with Gasteiger partial charge in [-0.05, 0) is 23.8 Å². The molecule has 0 amide bonds. The van der Waals surface area contributed by atoms with Crippen molar-refractivity contribution in [3.63, 3.8) is 0 Å². The SMILES string of the molecule is CC1(C)CCCCC1N[C@H](CO)c1ccccc1. The first-order valence-corrected chi connectivity index (χ1v) is 7.05. The van der Waals surface area contributed by atoms with Gasteiger partial charge in [-0.15, -0.1) is 0 Å². The third kappa shape index (κ3) is 3.12. The molecule has 0 aromatic heterocycles. The predicted octanol–water partition coefficient (Wildman–Crippen LogP) is 3.28. The molecule has 2 N–H and O–H groups in total. The fraction of sp³-hybridized carbons (Fsp3) is 0.625. The van der Waals surface area contributed by atoms with E-state index in [1.54, 1.807) is 0 Å². The Labute approximate surface area is 110 Å². The molecule has 0 spiro atoms. The normalized spacial score (nSPS) is 24.7. The zero-order valence-electron chi connectivity index (χ0n) is 11.5. The van der Waals surface area contributed by atoms with Crippen LogP contribution in [0.15, 0.2) is 30.3 Å². The number of hydrogen-bond acceptors (Lipinski definition) is 2. The number of aliphatic hydroxyl groups is 1. The third-order valence-corrected chi connectivity index (χ3v) is 4.29. The van der Waals surface area contributed by atoms with E-state index >= 15 is 0 Å². The Balaban J connectivity index is 2.06. The molecule has 2 rings (SSSR count). The number of nitrogens with one attached hydrogen (secondary N) is 1. The number of benzene rings is 1. The zero-order chi connectivity index (χ0) is 13.0. The van der Waals surface area contributed by atoms with Gasteiger partial charge in [-0.2, -0.15) is 0 Å². The Morgan fingerprint density at radius 3 is 2.61 bits per heavy atom. The van der Waals surface area contributed by atoms with E-state index in [9.17, 15) is 5.11 Å². The zero-order valence-corrected chi connectivity index (χ0v) is 11.5. The van der Waals surface area contributed by atoms with Gasteiger partial charge in [0.15, 0.2) is 0 Å². The third-order valence-electron chi connectivity index (χ3n) is 4.29. The average Bonchev–Trinajstić information content (AvgIpc) is 2.38. The van der Waals surface area contributed by atoms with Gasteiger partial charge >= 0.3 is 0 Å². The molecule has 1 fully saturated rings. The molecule has 1 saturated carbocycles. The van der Waals surface area contributed by atoms with Gasteiger partial charge in [-0.1, -0.05) is 57.0 Å². The summed E-state index contributed by atoms with van der Waals surface area (Å²) in [6.07, 6.45) is 5.13. The summed E-state index contributed by atoms with van der Waals surface area (Å²) in [5.41, 5.74) is 1.52. The highest BCUT2D eigenvalue weighted by Crippen LogP contribution is 2.36. The molecule has 1 aliphatic carbocycles. The lowest BCUT2D eigenvalue weighted by Crippen LogP contribution is -2.46. The maximum Gasteiger partial charge on any atom is 0.0626 e. The molecular formula is C16H25NO. The molecule has 2 nitrogen and oxygen atoms in total. The lowest BCUT2D eigenvalue weighted by molar-refractivity contribution is 0.135. The fourth-order valence-corrected chi connectivity index (χ4v) is 2.99. The van der Waals surface area contributed by atoms with Crippen molar-refractivity contribution in [2.75, 3.05) is 6.61 Å². The van der Waals surface area contributed by atoms with Crippen LogP contribution in [0, 0.1) is 5.41 Å². The summed E-state index contributed by atoms with van der Waals surface area (Å²) in [5, 5.41) is 13.3. The van der Waals surface area contributed by atoms with Gasteiger partial charge in [0.2, 0.25) is 0 Å². The van der Waals surface area contributed by atoms with Crippen molar-refractivity contribution in [1.82, 2.24) is 5.32 Å². The minimum Gasteiger partial charge on any atom is -0.394 e. The van der Waals surface area contributed by atoms with E-state index < -0.39 is 0 Å². The van der Waals surface area contributed by atoms with Crippen molar-refractivity contribution in [3.05, 3.63) is 35.9 Å².